The van der Waals surface area contributed by atoms with E-state index in [4.69, 9.17) is 26.8 Å². The molecule has 0 saturated carbocycles. The highest BCUT2D eigenvalue weighted by atomic mass is 35.5. The molecule has 9 nitrogen and oxygen atoms in total. The van der Waals surface area contributed by atoms with E-state index >= 15 is 0 Å². The van der Waals surface area contributed by atoms with Crippen molar-refractivity contribution in [1.29, 1.82) is 0 Å². The van der Waals surface area contributed by atoms with Crippen LogP contribution in [0.25, 0.3) is 0 Å². The zero-order valence-corrected chi connectivity index (χ0v) is 16.4. The highest BCUT2D eigenvalue weighted by molar-refractivity contribution is 6.32. The minimum absolute atomic E-state index is 0.402. The SMILES string of the molecule is COc1cc(OC)c(Nc2ncnc(NCCCn3ccnc3)c2N)cc1Cl. The summed E-state index contributed by atoms with van der Waals surface area (Å²) >= 11 is 6.22. The van der Waals surface area contributed by atoms with Gasteiger partial charge in [-0.2, -0.15) is 0 Å². The second-order valence-corrected chi connectivity index (χ2v) is 6.28. The lowest BCUT2D eigenvalue weighted by Crippen LogP contribution is -2.11. The molecule has 148 valence electrons. The van der Waals surface area contributed by atoms with E-state index in [1.807, 2.05) is 10.8 Å². The molecule has 0 atom stereocenters. The first-order valence-electron chi connectivity index (χ1n) is 8.61. The van der Waals surface area contributed by atoms with Crippen molar-refractivity contribution in [1.82, 2.24) is 19.5 Å². The third kappa shape index (κ3) is 4.55. The molecular formula is C18H22ClN7O2. The first kappa shape index (κ1) is 19.6. The van der Waals surface area contributed by atoms with Crippen molar-refractivity contribution < 1.29 is 9.47 Å². The van der Waals surface area contributed by atoms with Crippen LogP contribution in [0.15, 0.2) is 37.2 Å². The lowest BCUT2D eigenvalue weighted by Gasteiger charge is -2.16. The molecule has 3 aromatic rings. The first-order chi connectivity index (χ1) is 13.6. The molecule has 2 heterocycles. The first-order valence-corrected chi connectivity index (χ1v) is 8.98. The van der Waals surface area contributed by atoms with Crippen LogP contribution in [-0.4, -0.2) is 40.3 Å². The number of anilines is 4. The van der Waals surface area contributed by atoms with Gasteiger partial charge in [0, 0.05) is 31.5 Å². The van der Waals surface area contributed by atoms with Gasteiger partial charge in [-0.15, -0.1) is 0 Å². The van der Waals surface area contributed by atoms with Gasteiger partial charge >= 0.3 is 0 Å². The molecule has 0 unspecified atom stereocenters. The van der Waals surface area contributed by atoms with Gasteiger partial charge < -0.3 is 30.4 Å². The van der Waals surface area contributed by atoms with Gasteiger partial charge in [-0.05, 0) is 12.5 Å². The predicted octanol–water partition coefficient (Wildman–Crippen LogP) is 3.17. The molecule has 1 aromatic carbocycles. The maximum Gasteiger partial charge on any atom is 0.159 e. The van der Waals surface area contributed by atoms with Gasteiger partial charge in [-0.1, -0.05) is 11.6 Å². The molecule has 2 aromatic heterocycles. The summed E-state index contributed by atoms with van der Waals surface area (Å²) in [6, 6.07) is 3.39. The summed E-state index contributed by atoms with van der Waals surface area (Å²) in [5.41, 5.74) is 7.25. The second-order valence-electron chi connectivity index (χ2n) is 5.88. The number of benzene rings is 1. The van der Waals surface area contributed by atoms with Crippen LogP contribution in [0.5, 0.6) is 11.5 Å². The number of imidazole rings is 1. The topological polar surface area (TPSA) is 112 Å². The van der Waals surface area contributed by atoms with Crippen LogP contribution in [0.2, 0.25) is 5.02 Å². The number of ether oxygens (including phenoxy) is 2. The molecule has 28 heavy (non-hydrogen) atoms. The smallest absolute Gasteiger partial charge is 0.159 e. The second kappa shape index (κ2) is 9.14. The van der Waals surface area contributed by atoms with Crippen molar-refractivity contribution in [3.63, 3.8) is 0 Å². The monoisotopic (exact) mass is 403 g/mol. The molecular weight excluding hydrogens is 382 g/mol. The third-order valence-electron chi connectivity index (χ3n) is 4.06. The number of hydrogen-bond donors (Lipinski definition) is 3. The Morgan fingerprint density at radius 1 is 1.14 bits per heavy atom. The third-order valence-corrected chi connectivity index (χ3v) is 4.35. The summed E-state index contributed by atoms with van der Waals surface area (Å²) in [6.07, 6.45) is 7.80. The van der Waals surface area contributed by atoms with Gasteiger partial charge in [0.25, 0.3) is 0 Å². The number of nitrogen functional groups attached to an aromatic ring is 1. The average Bonchev–Trinajstić information content (AvgIpc) is 3.21. The molecule has 0 fully saturated rings. The Kier molecular flexibility index (Phi) is 6.38. The standard InChI is InChI=1S/C18H22ClN7O2/c1-27-14-9-15(28-2)13(8-12(14)19)25-18-16(20)17(23-10-24-18)22-4-3-6-26-7-5-21-11-26/h5,7-11H,3-4,6,20H2,1-2H3,(H2,22,23,24,25). The van der Waals surface area contributed by atoms with Crippen LogP contribution in [-0.2, 0) is 6.54 Å². The number of nitrogens with zero attached hydrogens (tertiary/aromatic N) is 4. The van der Waals surface area contributed by atoms with Crippen LogP contribution < -0.4 is 25.8 Å². The Bertz CT molecular complexity index is 919. The van der Waals surface area contributed by atoms with Crippen molar-refractivity contribution in [2.45, 2.75) is 13.0 Å². The number of hydrogen-bond acceptors (Lipinski definition) is 8. The van der Waals surface area contributed by atoms with Gasteiger partial charge in [-0.25, -0.2) is 15.0 Å². The maximum absolute atomic E-state index is 6.23. The van der Waals surface area contributed by atoms with Crippen molar-refractivity contribution in [2.75, 3.05) is 37.1 Å². The molecule has 4 N–H and O–H groups in total. The van der Waals surface area contributed by atoms with Gasteiger partial charge in [-0.3, -0.25) is 0 Å². The summed E-state index contributed by atoms with van der Waals surface area (Å²) in [5.74, 6) is 2.07. The number of aromatic nitrogens is 4. The van der Waals surface area contributed by atoms with E-state index < -0.39 is 0 Å². The molecule has 0 spiro atoms. The number of rotatable bonds is 9. The summed E-state index contributed by atoms with van der Waals surface area (Å²) < 4.78 is 12.6. The molecule has 0 amide bonds. The van der Waals surface area contributed by atoms with Crippen molar-refractivity contribution >= 4 is 34.6 Å². The maximum atomic E-state index is 6.23. The fourth-order valence-electron chi connectivity index (χ4n) is 2.61. The number of nitrogens with two attached hydrogens (primary N) is 1. The molecule has 0 radical (unpaired) electrons. The van der Waals surface area contributed by atoms with E-state index in [1.165, 1.54) is 6.33 Å². The molecule has 0 aliphatic heterocycles. The minimum Gasteiger partial charge on any atom is -0.495 e. The van der Waals surface area contributed by atoms with E-state index in [2.05, 4.69) is 25.6 Å². The van der Waals surface area contributed by atoms with Gasteiger partial charge in [0.05, 0.1) is 31.3 Å². The quantitative estimate of drug-likeness (QED) is 0.467. The fourth-order valence-corrected chi connectivity index (χ4v) is 2.85. The van der Waals surface area contributed by atoms with Crippen LogP contribution in [0.3, 0.4) is 0 Å². The van der Waals surface area contributed by atoms with E-state index in [9.17, 15) is 0 Å². The largest absolute Gasteiger partial charge is 0.495 e. The van der Waals surface area contributed by atoms with Gasteiger partial charge in [0.2, 0.25) is 0 Å². The molecule has 0 aliphatic carbocycles. The van der Waals surface area contributed by atoms with Crippen LogP contribution in [0.4, 0.5) is 23.0 Å². The lowest BCUT2D eigenvalue weighted by molar-refractivity contribution is 0.396. The molecule has 3 rings (SSSR count). The normalized spacial score (nSPS) is 10.5. The zero-order chi connectivity index (χ0) is 19.9. The Labute approximate surface area is 167 Å². The highest BCUT2D eigenvalue weighted by Crippen LogP contribution is 2.38. The molecule has 0 bridgehead atoms. The van der Waals surface area contributed by atoms with Crippen molar-refractivity contribution in [2.24, 2.45) is 0 Å². The molecule has 0 saturated heterocycles. The van der Waals surface area contributed by atoms with Gasteiger partial charge in [0.15, 0.2) is 11.6 Å². The zero-order valence-electron chi connectivity index (χ0n) is 15.6. The lowest BCUT2D eigenvalue weighted by atomic mass is 10.2. The van der Waals surface area contributed by atoms with E-state index in [1.54, 1.807) is 38.9 Å². The Hall–Kier alpha value is -3.20. The van der Waals surface area contributed by atoms with E-state index in [-0.39, 0.29) is 0 Å². The number of nitrogens with one attached hydrogen (secondary N) is 2. The van der Waals surface area contributed by atoms with E-state index in [0.717, 1.165) is 13.0 Å². The Morgan fingerprint density at radius 2 is 1.93 bits per heavy atom. The van der Waals surface area contributed by atoms with Crippen LogP contribution in [0.1, 0.15) is 6.42 Å². The number of aryl methyl sites for hydroxylation is 1. The predicted molar refractivity (Wildman–Crippen MR) is 110 cm³/mol. The summed E-state index contributed by atoms with van der Waals surface area (Å²) in [5, 5.41) is 6.82. The molecule has 0 aliphatic rings. The number of methoxy groups -OCH3 is 2. The molecule has 10 heteroatoms. The summed E-state index contributed by atoms with van der Waals surface area (Å²) in [6.45, 7) is 1.56. The highest BCUT2D eigenvalue weighted by Gasteiger charge is 2.14. The summed E-state index contributed by atoms with van der Waals surface area (Å²) in [7, 11) is 3.10. The number of halogens is 1. The van der Waals surface area contributed by atoms with Gasteiger partial charge in [0.1, 0.15) is 23.5 Å². The average molecular weight is 404 g/mol. The Morgan fingerprint density at radius 3 is 2.64 bits per heavy atom. The Balaban J connectivity index is 1.70. The summed E-state index contributed by atoms with van der Waals surface area (Å²) in [4.78, 5) is 12.5. The minimum atomic E-state index is 0.402. The van der Waals surface area contributed by atoms with E-state index in [0.29, 0.717) is 46.1 Å². The fraction of sp³-hybridized carbons (Fsp3) is 0.278. The van der Waals surface area contributed by atoms with Crippen LogP contribution in [0, 0.1) is 0 Å². The van der Waals surface area contributed by atoms with Crippen molar-refractivity contribution in [3.05, 3.63) is 42.2 Å². The van der Waals surface area contributed by atoms with Crippen LogP contribution >= 0.6 is 11.6 Å². The van der Waals surface area contributed by atoms with Crippen molar-refractivity contribution in [3.8, 4) is 11.5 Å².